The van der Waals surface area contributed by atoms with Crippen LogP contribution in [0.1, 0.15) is 11.1 Å². The van der Waals surface area contributed by atoms with Gasteiger partial charge in [0.2, 0.25) is 0 Å². The summed E-state index contributed by atoms with van der Waals surface area (Å²) < 4.78 is 20.2. The van der Waals surface area contributed by atoms with E-state index >= 15 is 0 Å². The average molecular weight is 508 g/mol. The van der Waals surface area contributed by atoms with Crippen LogP contribution < -0.4 is 5.32 Å². The maximum atomic E-state index is 13.4. The fourth-order valence-corrected chi connectivity index (χ4v) is 5.19. The average Bonchev–Trinajstić information content (AvgIpc) is 3.21. The predicted octanol–water partition coefficient (Wildman–Crippen LogP) is 6.14. The molecule has 2 aromatic heterocycles. The topological polar surface area (TPSA) is 84.3 Å². The predicted molar refractivity (Wildman–Crippen MR) is 137 cm³/mol. The second-order valence-corrected chi connectivity index (χ2v) is 9.42. The Morgan fingerprint density at radius 3 is 2.94 bits per heavy atom. The fourth-order valence-electron chi connectivity index (χ4n) is 3.80. The van der Waals surface area contributed by atoms with Gasteiger partial charge in [-0.3, -0.25) is 0 Å². The molecule has 6 nitrogen and oxygen atoms in total. The van der Waals surface area contributed by atoms with Crippen LogP contribution in [-0.4, -0.2) is 32.5 Å². The van der Waals surface area contributed by atoms with E-state index in [0.717, 1.165) is 43.2 Å². The third kappa shape index (κ3) is 5.24. The number of carbonyl (C=O) groups is 1. The smallest absolute Gasteiger partial charge is 0.328 e. The first-order valence-electron chi connectivity index (χ1n) is 10.7. The summed E-state index contributed by atoms with van der Waals surface area (Å²) in [5.41, 5.74) is 2.31. The summed E-state index contributed by atoms with van der Waals surface area (Å²) in [7, 11) is 0. The Kier molecular flexibility index (Phi) is 6.59. The monoisotopic (exact) mass is 507 g/mol. The number of thiophene rings is 1. The molecule has 2 unspecified atom stereocenters. The van der Waals surface area contributed by atoms with E-state index in [-0.39, 0.29) is 18.5 Å². The normalized spacial score (nSPS) is 17.8. The van der Waals surface area contributed by atoms with E-state index in [2.05, 4.69) is 15.3 Å². The number of benzene rings is 2. The van der Waals surface area contributed by atoms with Gasteiger partial charge in [-0.05, 0) is 47.6 Å². The molecule has 1 aliphatic carbocycles. The molecule has 0 saturated carbocycles. The van der Waals surface area contributed by atoms with E-state index < -0.39 is 11.3 Å². The van der Waals surface area contributed by atoms with Crippen molar-refractivity contribution >= 4 is 61.1 Å². The molecule has 0 aliphatic heterocycles. The zero-order valence-corrected chi connectivity index (χ0v) is 19.8. The number of alkyl halides is 1. The second-order valence-electron chi connectivity index (χ2n) is 7.89. The summed E-state index contributed by atoms with van der Waals surface area (Å²) >= 11 is 8.07. The van der Waals surface area contributed by atoms with Crippen molar-refractivity contribution in [1.82, 2.24) is 9.97 Å². The first-order valence-corrected chi connectivity index (χ1v) is 12.0. The van der Waals surface area contributed by atoms with E-state index in [9.17, 15) is 9.18 Å². The van der Waals surface area contributed by atoms with Crippen molar-refractivity contribution in [2.75, 3.05) is 5.32 Å². The number of halogens is 2. The summed E-state index contributed by atoms with van der Waals surface area (Å²) in [6, 6.07) is 12.0. The molecule has 0 spiro atoms. The lowest BCUT2D eigenvalue weighted by atomic mass is 10.1. The molecule has 9 heteroatoms. The lowest BCUT2D eigenvalue weighted by molar-refractivity contribution is -0.131. The molecule has 0 fully saturated rings. The molecule has 176 valence electrons. The van der Waals surface area contributed by atoms with E-state index in [1.807, 2.05) is 36.4 Å². The van der Waals surface area contributed by atoms with E-state index in [0.29, 0.717) is 5.82 Å². The molecule has 0 amide bonds. The molecule has 0 saturated heterocycles. The summed E-state index contributed by atoms with van der Waals surface area (Å²) in [6.45, 7) is 0.254. The fraction of sp³-hybridized carbons (Fsp3) is 0.115. The van der Waals surface area contributed by atoms with Crippen LogP contribution in [0.15, 0.2) is 78.8 Å². The molecular formula is C26H19ClFN3O3S. The van der Waals surface area contributed by atoms with Crippen LogP contribution in [0.4, 0.5) is 10.2 Å². The van der Waals surface area contributed by atoms with Gasteiger partial charge >= 0.3 is 5.97 Å². The lowest BCUT2D eigenvalue weighted by Gasteiger charge is -2.22. The highest BCUT2D eigenvalue weighted by Crippen LogP contribution is 2.37. The van der Waals surface area contributed by atoms with Gasteiger partial charge in [-0.2, -0.15) is 0 Å². The minimum atomic E-state index is -0.994. The van der Waals surface area contributed by atoms with Gasteiger partial charge in [0.15, 0.2) is 0 Å². The lowest BCUT2D eigenvalue weighted by Crippen LogP contribution is -2.24. The maximum Gasteiger partial charge on any atom is 0.328 e. The number of hydrogen-bond donors (Lipinski definition) is 2. The van der Waals surface area contributed by atoms with Crippen molar-refractivity contribution in [3.63, 3.8) is 0 Å². The maximum absolute atomic E-state index is 13.4. The summed E-state index contributed by atoms with van der Waals surface area (Å²) in [5.74, 6) is -0.648. The number of anilines is 1. The summed E-state index contributed by atoms with van der Waals surface area (Å²) in [6.07, 6.45) is 9.42. The van der Waals surface area contributed by atoms with Crippen molar-refractivity contribution < 1.29 is 19.0 Å². The number of aliphatic carboxylic acids is 1. The molecule has 4 aromatic rings. The number of rotatable bonds is 7. The van der Waals surface area contributed by atoms with Crippen LogP contribution in [0.25, 0.3) is 26.4 Å². The zero-order chi connectivity index (χ0) is 24.4. The highest BCUT2D eigenvalue weighted by molar-refractivity contribution is 7.25. The highest BCUT2D eigenvalue weighted by Gasteiger charge is 2.21. The van der Waals surface area contributed by atoms with Gasteiger partial charge in [-0.15, -0.1) is 22.9 Å². The van der Waals surface area contributed by atoms with Crippen molar-refractivity contribution in [2.45, 2.75) is 18.1 Å². The first kappa shape index (κ1) is 23.2. The van der Waals surface area contributed by atoms with E-state index in [4.69, 9.17) is 21.4 Å². The quantitative estimate of drug-likeness (QED) is 0.231. The van der Waals surface area contributed by atoms with Crippen LogP contribution in [-0.2, 0) is 16.1 Å². The Hall–Kier alpha value is -3.59. The Labute approximate surface area is 209 Å². The number of hydrogen-bond acceptors (Lipinski definition) is 6. The Bertz CT molecular complexity index is 1510. The molecule has 35 heavy (non-hydrogen) atoms. The van der Waals surface area contributed by atoms with E-state index in [1.54, 1.807) is 18.2 Å². The Balaban J connectivity index is 1.34. The number of nitrogens with one attached hydrogen (secondary N) is 1. The van der Waals surface area contributed by atoms with Gasteiger partial charge in [-0.25, -0.2) is 19.2 Å². The van der Waals surface area contributed by atoms with Crippen LogP contribution >= 0.6 is 22.9 Å². The highest BCUT2D eigenvalue weighted by atomic mass is 35.5. The van der Waals surface area contributed by atoms with Gasteiger partial charge in [-0.1, -0.05) is 30.3 Å². The van der Waals surface area contributed by atoms with Crippen molar-refractivity contribution in [2.24, 2.45) is 0 Å². The molecule has 2 atom stereocenters. The van der Waals surface area contributed by atoms with Crippen molar-refractivity contribution in [3.8, 4) is 0 Å². The second kappa shape index (κ2) is 9.95. The van der Waals surface area contributed by atoms with Gasteiger partial charge in [0.1, 0.15) is 22.8 Å². The van der Waals surface area contributed by atoms with Gasteiger partial charge in [0, 0.05) is 21.9 Å². The summed E-state index contributed by atoms with van der Waals surface area (Å²) in [4.78, 5) is 20.5. The van der Waals surface area contributed by atoms with Crippen LogP contribution in [0, 0.1) is 5.82 Å². The van der Waals surface area contributed by atoms with Crippen LogP contribution in [0.5, 0.6) is 0 Å². The van der Waals surface area contributed by atoms with Crippen molar-refractivity contribution in [1.29, 1.82) is 0 Å². The van der Waals surface area contributed by atoms with Gasteiger partial charge in [0.05, 0.1) is 23.5 Å². The van der Waals surface area contributed by atoms with Gasteiger partial charge in [0.25, 0.3) is 0 Å². The van der Waals surface area contributed by atoms with Crippen LogP contribution in [0.2, 0.25) is 0 Å². The molecule has 2 heterocycles. The third-order valence-electron chi connectivity index (χ3n) is 5.42. The van der Waals surface area contributed by atoms with E-state index in [1.165, 1.54) is 29.8 Å². The van der Waals surface area contributed by atoms with Gasteiger partial charge < -0.3 is 15.2 Å². The zero-order valence-electron chi connectivity index (χ0n) is 18.2. The number of ether oxygens (including phenoxy) is 1. The largest absolute Gasteiger partial charge is 0.478 e. The Morgan fingerprint density at radius 1 is 1.26 bits per heavy atom. The number of aromatic nitrogens is 2. The standard InChI is InChI=1S/C26H19ClFN3O3S/c27-20-12-18(6-8-21(20)34-13-16-2-1-3-17(28)10-16)31-25-24-19-7-4-15(5-9-23(32)33)11-22(19)35-26(24)30-14-29-25/h1-12,14,20-21H,13H2,(H,32,33)(H,29,30,31)/b9-5+. The molecule has 1 aliphatic rings. The molecule has 0 bridgehead atoms. The number of fused-ring (bicyclic) bond motifs is 3. The molecule has 2 N–H and O–H groups in total. The third-order valence-corrected chi connectivity index (χ3v) is 6.86. The molecule has 5 rings (SSSR count). The minimum absolute atomic E-state index is 0.254. The number of allylic oxidation sites excluding steroid dienone is 1. The summed E-state index contributed by atoms with van der Waals surface area (Å²) in [5, 5.41) is 13.6. The van der Waals surface area contributed by atoms with Crippen LogP contribution in [0.3, 0.4) is 0 Å². The SMILES string of the molecule is O=C(O)/C=C/c1ccc2c(c1)sc1ncnc(NC3=CC(Cl)C(OCc4cccc(F)c4)C=C3)c12. The number of nitrogens with zero attached hydrogens (tertiary/aromatic N) is 2. The number of carboxylic acids is 1. The minimum Gasteiger partial charge on any atom is -0.478 e. The molecule has 2 aromatic carbocycles. The number of carboxylic acid groups (broad SMARTS) is 1. The molecular weight excluding hydrogens is 489 g/mol. The van der Waals surface area contributed by atoms with Crippen molar-refractivity contribution in [3.05, 3.63) is 95.7 Å². The molecule has 0 radical (unpaired) electrons. The first-order chi connectivity index (χ1) is 17.0. The Morgan fingerprint density at radius 2 is 2.14 bits per heavy atom.